The predicted octanol–water partition coefficient (Wildman–Crippen LogP) is 7.51. The molecule has 45 heavy (non-hydrogen) atoms. The molecule has 0 aliphatic carbocycles. The number of carbonyl (C=O) groups excluding carboxylic acids is 3. The summed E-state index contributed by atoms with van der Waals surface area (Å²) in [6.07, 6.45) is -0.934. The predicted molar refractivity (Wildman–Crippen MR) is 166 cm³/mol. The number of ether oxygens (including phenoxy) is 3. The first-order chi connectivity index (χ1) is 22.0. The lowest BCUT2D eigenvalue weighted by Gasteiger charge is -2.27. The first-order valence-corrected chi connectivity index (χ1v) is 14.1. The minimum Gasteiger partial charge on any atom is -0.497 e. The van der Waals surface area contributed by atoms with Crippen LogP contribution in [0.25, 0.3) is 0 Å². The average molecular weight is 603 g/mol. The fraction of sp³-hybridized carbons (Fsp3) is 0.108. The number of benzene rings is 5. The summed E-state index contributed by atoms with van der Waals surface area (Å²) in [6, 6.07) is 38.2. The largest absolute Gasteiger partial charge is 0.497 e. The summed E-state index contributed by atoms with van der Waals surface area (Å²) in [5, 5.41) is 0. The number of rotatable bonds is 13. The lowest BCUT2D eigenvalue weighted by molar-refractivity contribution is -0.350. The fourth-order valence-corrected chi connectivity index (χ4v) is 4.47. The van der Waals surface area contributed by atoms with E-state index in [1.807, 2.05) is 60.7 Å². The van der Waals surface area contributed by atoms with Crippen LogP contribution >= 0.6 is 0 Å². The van der Waals surface area contributed by atoms with Crippen LogP contribution in [0.4, 0.5) is 0 Å². The second kappa shape index (κ2) is 15.2. The van der Waals surface area contributed by atoms with Gasteiger partial charge in [0.05, 0.1) is 18.2 Å². The Morgan fingerprint density at radius 1 is 0.622 bits per heavy atom. The monoisotopic (exact) mass is 602 g/mol. The minimum absolute atomic E-state index is 0.106. The highest BCUT2D eigenvalue weighted by atomic mass is 17.2. The molecule has 5 aromatic carbocycles. The van der Waals surface area contributed by atoms with Crippen molar-refractivity contribution in [2.24, 2.45) is 0 Å². The number of carbonyl (C=O) groups is 3. The van der Waals surface area contributed by atoms with E-state index < -0.39 is 24.1 Å². The molecule has 0 amide bonds. The zero-order valence-electron chi connectivity index (χ0n) is 24.4. The Morgan fingerprint density at radius 2 is 1.16 bits per heavy atom. The molecule has 0 saturated heterocycles. The zero-order valence-corrected chi connectivity index (χ0v) is 24.4. The number of aldehydes is 1. The molecule has 0 saturated carbocycles. The van der Waals surface area contributed by atoms with Crippen molar-refractivity contribution in [3.63, 3.8) is 0 Å². The van der Waals surface area contributed by atoms with E-state index in [1.165, 1.54) is 24.3 Å². The van der Waals surface area contributed by atoms with Crippen LogP contribution in [0.5, 0.6) is 11.5 Å². The van der Waals surface area contributed by atoms with Gasteiger partial charge in [-0.05, 0) is 65.2 Å². The Bertz CT molecular complexity index is 1680. The lowest BCUT2D eigenvalue weighted by atomic mass is 9.98. The van der Waals surface area contributed by atoms with Crippen LogP contribution in [0.2, 0.25) is 0 Å². The molecule has 0 spiro atoms. The van der Waals surface area contributed by atoms with Gasteiger partial charge in [0.25, 0.3) is 0 Å². The Labute approximate surface area is 260 Å². The maximum atomic E-state index is 13.5. The molecule has 0 aromatic heterocycles. The Kier molecular flexibility index (Phi) is 10.5. The van der Waals surface area contributed by atoms with Gasteiger partial charge in [0, 0.05) is 5.56 Å². The molecule has 5 aromatic rings. The molecular weight excluding hydrogens is 572 g/mol. The summed E-state index contributed by atoms with van der Waals surface area (Å²) < 4.78 is 16.7. The third-order valence-electron chi connectivity index (χ3n) is 6.90. The van der Waals surface area contributed by atoms with E-state index in [2.05, 4.69) is 0 Å². The highest BCUT2D eigenvalue weighted by Crippen LogP contribution is 2.36. The van der Waals surface area contributed by atoms with Crippen molar-refractivity contribution in [2.45, 2.75) is 18.8 Å². The van der Waals surface area contributed by atoms with E-state index in [1.54, 1.807) is 55.6 Å². The lowest BCUT2D eigenvalue weighted by Crippen LogP contribution is -2.21. The topological polar surface area (TPSA) is 97.4 Å². The second-order valence-corrected chi connectivity index (χ2v) is 9.93. The van der Waals surface area contributed by atoms with Gasteiger partial charge in [-0.1, -0.05) is 84.9 Å². The highest BCUT2D eigenvalue weighted by molar-refractivity contribution is 5.92. The van der Waals surface area contributed by atoms with Crippen molar-refractivity contribution in [3.05, 3.63) is 167 Å². The van der Waals surface area contributed by atoms with Crippen molar-refractivity contribution in [2.75, 3.05) is 7.11 Å². The molecule has 0 heterocycles. The van der Waals surface area contributed by atoms with E-state index in [0.717, 1.165) is 17.4 Å². The van der Waals surface area contributed by atoms with Crippen LogP contribution < -0.4 is 9.47 Å². The molecule has 0 fully saturated rings. The Balaban J connectivity index is 1.32. The van der Waals surface area contributed by atoms with Crippen LogP contribution in [0.15, 0.2) is 133 Å². The summed E-state index contributed by atoms with van der Waals surface area (Å²) in [5.74, 6) is -0.252. The van der Waals surface area contributed by atoms with E-state index in [-0.39, 0.29) is 17.9 Å². The molecular formula is C37H30O8. The van der Waals surface area contributed by atoms with Crippen molar-refractivity contribution < 1.29 is 38.4 Å². The van der Waals surface area contributed by atoms with Crippen molar-refractivity contribution in [1.82, 2.24) is 0 Å². The molecule has 5 rings (SSSR count). The van der Waals surface area contributed by atoms with Gasteiger partial charge in [0.1, 0.15) is 24.4 Å². The molecule has 0 aliphatic heterocycles. The maximum absolute atomic E-state index is 13.5. The van der Waals surface area contributed by atoms with Gasteiger partial charge in [-0.15, -0.1) is 0 Å². The Hall–Kier alpha value is -5.57. The van der Waals surface area contributed by atoms with Gasteiger partial charge in [-0.25, -0.2) is 19.4 Å². The van der Waals surface area contributed by atoms with E-state index in [0.29, 0.717) is 22.4 Å². The first-order valence-electron chi connectivity index (χ1n) is 14.1. The third-order valence-corrected chi connectivity index (χ3v) is 6.90. The van der Waals surface area contributed by atoms with Crippen LogP contribution in [0.3, 0.4) is 0 Å². The normalized spacial score (nSPS) is 12.0. The van der Waals surface area contributed by atoms with Gasteiger partial charge >= 0.3 is 11.9 Å². The summed E-state index contributed by atoms with van der Waals surface area (Å²) in [7, 11) is 1.54. The van der Waals surface area contributed by atoms with Gasteiger partial charge in [-0.2, -0.15) is 0 Å². The number of esters is 2. The first kappa shape index (κ1) is 30.9. The molecule has 226 valence electrons. The van der Waals surface area contributed by atoms with E-state index in [4.69, 9.17) is 24.0 Å². The van der Waals surface area contributed by atoms with Gasteiger partial charge < -0.3 is 14.2 Å². The molecule has 0 aliphatic rings. The quantitative estimate of drug-likeness (QED) is 0.0449. The number of hydrogen-bond acceptors (Lipinski definition) is 8. The number of hydrogen-bond donors (Lipinski definition) is 0. The van der Waals surface area contributed by atoms with Crippen LogP contribution in [0.1, 0.15) is 60.0 Å². The number of methoxy groups -OCH3 is 1. The van der Waals surface area contributed by atoms with E-state index in [9.17, 15) is 14.4 Å². The van der Waals surface area contributed by atoms with Crippen LogP contribution in [-0.4, -0.2) is 25.3 Å². The molecule has 8 nitrogen and oxygen atoms in total. The maximum Gasteiger partial charge on any atom is 0.343 e. The summed E-state index contributed by atoms with van der Waals surface area (Å²) in [6.45, 7) is 0.106. The molecule has 0 radical (unpaired) electrons. The molecule has 0 N–H and O–H groups in total. The van der Waals surface area contributed by atoms with Crippen LogP contribution in [-0.2, 0) is 21.1 Å². The van der Waals surface area contributed by atoms with Crippen LogP contribution in [0, 0.1) is 0 Å². The minimum atomic E-state index is -0.883. The summed E-state index contributed by atoms with van der Waals surface area (Å²) >= 11 is 0. The second-order valence-electron chi connectivity index (χ2n) is 9.93. The standard InChI is InChI=1S/C37H30O8/c1-41-32-20-16-30(17-21-32)36(39)43-33-22-18-31(19-23-33)37(40)44-34(28-8-4-2-5-9-28)35(29-10-6-3-7-11-29)45-42-25-27-14-12-26(24-38)13-15-27/h2-24,34-35H,25H2,1H3/t34-,35-/m0/s1. The summed E-state index contributed by atoms with van der Waals surface area (Å²) in [5.41, 5.74) is 3.40. The van der Waals surface area contributed by atoms with E-state index >= 15 is 0 Å². The SMILES string of the molecule is COc1ccc(C(=O)Oc2ccc(C(=O)O[C@@H](c3ccccc3)[C@@H](OOCc3ccc(C=O)cc3)c3ccccc3)cc2)cc1. The van der Waals surface area contributed by atoms with Gasteiger partial charge in [0.15, 0.2) is 12.2 Å². The molecule has 8 heteroatoms. The summed E-state index contributed by atoms with van der Waals surface area (Å²) in [4.78, 5) is 48.6. The zero-order chi connectivity index (χ0) is 31.4. The molecule has 0 unspecified atom stereocenters. The van der Waals surface area contributed by atoms with Gasteiger partial charge in [-0.3, -0.25) is 4.79 Å². The van der Waals surface area contributed by atoms with Gasteiger partial charge in [0.2, 0.25) is 0 Å². The van der Waals surface area contributed by atoms with Crippen molar-refractivity contribution >= 4 is 18.2 Å². The fourth-order valence-electron chi connectivity index (χ4n) is 4.47. The third kappa shape index (κ3) is 8.29. The molecule has 2 atom stereocenters. The van der Waals surface area contributed by atoms with Crippen molar-refractivity contribution in [3.8, 4) is 11.5 Å². The molecule has 0 bridgehead atoms. The average Bonchev–Trinajstić information content (AvgIpc) is 3.10. The highest BCUT2D eigenvalue weighted by Gasteiger charge is 2.31. The Morgan fingerprint density at radius 3 is 1.71 bits per heavy atom. The van der Waals surface area contributed by atoms with Crippen molar-refractivity contribution in [1.29, 1.82) is 0 Å². The smallest absolute Gasteiger partial charge is 0.343 e.